The van der Waals surface area contributed by atoms with Gasteiger partial charge in [0.05, 0.1) is 43.7 Å². The number of nitrogens with zero attached hydrogens (tertiary/aromatic N) is 1. The van der Waals surface area contributed by atoms with Crippen molar-refractivity contribution in [3.63, 3.8) is 0 Å². The van der Waals surface area contributed by atoms with E-state index in [0.717, 1.165) is 13.1 Å². The predicted octanol–water partition coefficient (Wildman–Crippen LogP) is 0.425. The van der Waals surface area contributed by atoms with Gasteiger partial charge < -0.3 is 9.64 Å². The van der Waals surface area contributed by atoms with Gasteiger partial charge in [-0.3, -0.25) is 0 Å². The number of esters is 1. The van der Waals surface area contributed by atoms with Crippen LogP contribution in [0.1, 0.15) is 10.4 Å². The Kier molecular flexibility index (Phi) is 5.17. The number of hydrogen-bond acceptors (Lipinski definition) is 4. The Morgan fingerprint density at radius 1 is 1.04 bits per heavy atom. The second-order valence-corrected chi connectivity index (χ2v) is 8.03. The van der Waals surface area contributed by atoms with E-state index in [2.05, 4.69) is 0 Å². The largest absolute Gasteiger partial charge is 0.423 e. The number of hydrogen-bond donors (Lipinski definition) is 1. The summed E-state index contributed by atoms with van der Waals surface area (Å²) < 4.78 is 32.3. The standard InChI is InChI=1S/C18H20N2O4S/c1-19-10-12-20(13-11-19)25(22,23)17-9-5-6-15(14-17)18(21)24-16-7-3-2-4-8-16/h2-9,14H,10-13H2,1H3/p+1. The van der Waals surface area contributed by atoms with Crippen LogP contribution >= 0.6 is 0 Å². The number of ether oxygens (including phenoxy) is 1. The highest BCUT2D eigenvalue weighted by Crippen LogP contribution is 2.19. The van der Waals surface area contributed by atoms with Crippen LogP contribution in [0.5, 0.6) is 5.75 Å². The fourth-order valence-corrected chi connectivity index (χ4v) is 4.18. The Hall–Kier alpha value is -2.22. The van der Waals surface area contributed by atoms with E-state index in [9.17, 15) is 13.2 Å². The number of carbonyl (C=O) groups is 1. The average Bonchev–Trinajstić information content (AvgIpc) is 2.63. The highest BCUT2D eigenvalue weighted by Gasteiger charge is 2.29. The van der Waals surface area contributed by atoms with Crippen LogP contribution in [-0.2, 0) is 10.0 Å². The van der Waals surface area contributed by atoms with Crippen LogP contribution in [-0.4, -0.2) is 51.9 Å². The average molecular weight is 361 g/mol. The summed E-state index contributed by atoms with van der Waals surface area (Å²) in [5.74, 6) is -0.158. The van der Waals surface area contributed by atoms with Crippen LogP contribution < -0.4 is 9.64 Å². The molecule has 7 heteroatoms. The first-order chi connectivity index (χ1) is 12.0. The monoisotopic (exact) mass is 361 g/mol. The van der Waals surface area contributed by atoms with Crippen LogP contribution in [0.2, 0.25) is 0 Å². The Bertz CT molecular complexity index is 844. The van der Waals surface area contributed by atoms with Gasteiger partial charge in [-0.2, -0.15) is 4.31 Å². The maximum absolute atomic E-state index is 12.8. The number of quaternary nitrogens is 1. The van der Waals surface area contributed by atoms with Crippen molar-refractivity contribution < 1.29 is 22.8 Å². The van der Waals surface area contributed by atoms with Crippen molar-refractivity contribution in [3.8, 4) is 5.75 Å². The molecule has 0 radical (unpaired) electrons. The van der Waals surface area contributed by atoms with Crippen molar-refractivity contribution in [2.24, 2.45) is 0 Å². The van der Waals surface area contributed by atoms with Crippen LogP contribution in [0.4, 0.5) is 0 Å². The summed E-state index contributed by atoms with van der Waals surface area (Å²) >= 11 is 0. The van der Waals surface area contributed by atoms with Crippen LogP contribution in [0.15, 0.2) is 59.5 Å². The normalized spacial score (nSPS) is 16.5. The molecular weight excluding hydrogens is 340 g/mol. The first kappa shape index (κ1) is 17.6. The molecule has 0 bridgehead atoms. The molecule has 1 aliphatic rings. The lowest BCUT2D eigenvalue weighted by molar-refractivity contribution is -0.883. The minimum atomic E-state index is -3.60. The molecule has 1 N–H and O–H groups in total. The lowest BCUT2D eigenvalue weighted by atomic mass is 10.2. The summed E-state index contributed by atoms with van der Waals surface area (Å²) in [6.07, 6.45) is 0. The summed E-state index contributed by atoms with van der Waals surface area (Å²) in [6, 6.07) is 14.7. The highest BCUT2D eigenvalue weighted by atomic mass is 32.2. The third kappa shape index (κ3) is 4.07. The first-order valence-electron chi connectivity index (χ1n) is 8.15. The van der Waals surface area contributed by atoms with E-state index in [1.807, 2.05) is 13.1 Å². The van der Waals surface area contributed by atoms with E-state index in [-0.39, 0.29) is 10.5 Å². The van der Waals surface area contributed by atoms with Gasteiger partial charge in [0.15, 0.2) is 0 Å². The van der Waals surface area contributed by atoms with Gasteiger partial charge in [0, 0.05) is 0 Å². The number of carbonyl (C=O) groups excluding carboxylic acids is 1. The number of piperazine rings is 1. The molecule has 2 aromatic rings. The summed E-state index contributed by atoms with van der Waals surface area (Å²) in [4.78, 5) is 13.7. The summed E-state index contributed by atoms with van der Waals surface area (Å²) in [5, 5.41) is 0. The van der Waals surface area contributed by atoms with Crippen LogP contribution in [0.3, 0.4) is 0 Å². The molecule has 0 aliphatic carbocycles. The fourth-order valence-electron chi connectivity index (χ4n) is 2.70. The number of benzene rings is 2. The summed E-state index contributed by atoms with van der Waals surface area (Å²) in [5.41, 5.74) is 0.213. The van der Waals surface area contributed by atoms with Gasteiger partial charge >= 0.3 is 5.97 Å². The summed E-state index contributed by atoms with van der Waals surface area (Å²) in [7, 11) is -1.56. The Labute approximate surface area is 147 Å². The molecule has 0 atom stereocenters. The van der Waals surface area contributed by atoms with E-state index in [1.54, 1.807) is 36.4 Å². The fraction of sp³-hybridized carbons (Fsp3) is 0.278. The Balaban J connectivity index is 1.80. The molecule has 0 amide bonds. The van der Waals surface area contributed by atoms with Crippen molar-refractivity contribution in [2.75, 3.05) is 33.2 Å². The Morgan fingerprint density at radius 2 is 1.72 bits per heavy atom. The van der Waals surface area contributed by atoms with E-state index < -0.39 is 16.0 Å². The highest BCUT2D eigenvalue weighted by molar-refractivity contribution is 7.89. The molecule has 1 aliphatic heterocycles. The van der Waals surface area contributed by atoms with Crippen LogP contribution in [0, 0.1) is 0 Å². The molecule has 1 saturated heterocycles. The van der Waals surface area contributed by atoms with Gasteiger partial charge in [-0.1, -0.05) is 24.3 Å². The second-order valence-electron chi connectivity index (χ2n) is 6.09. The molecule has 0 unspecified atom stereocenters. The van der Waals surface area contributed by atoms with Gasteiger partial charge in [-0.15, -0.1) is 0 Å². The number of likely N-dealkylation sites (N-methyl/N-ethyl adjacent to an activating group) is 1. The number of sulfonamides is 1. The number of rotatable bonds is 4. The van der Waals surface area contributed by atoms with Crippen molar-refractivity contribution in [1.29, 1.82) is 0 Å². The minimum absolute atomic E-state index is 0.120. The molecule has 0 saturated carbocycles. The molecule has 132 valence electrons. The van der Waals surface area contributed by atoms with Crippen molar-refractivity contribution in [2.45, 2.75) is 4.90 Å². The molecule has 1 fully saturated rings. The number of nitrogens with one attached hydrogen (secondary N) is 1. The zero-order chi connectivity index (χ0) is 17.9. The zero-order valence-electron chi connectivity index (χ0n) is 14.0. The number of para-hydroxylation sites is 1. The van der Waals surface area contributed by atoms with Gasteiger partial charge in [0.2, 0.25) is 10.0 Å². The smallest absolute Gasteiger partial charge is 0.343 e. The maximum atomic E-state index is 12.8. The maximum Gasteiger partial charge on any atom is 0.343 e. The van der Waals surface area contributed by atoms with E-state index in [4.69, 9.17) is 4.74 Å². The van der Waals surface area contributed by atoms with Crippen molar-refractivity contribution in [1.82, 2.24) is 4.31 Å². The van der Waals surface area contributed by atoms with E-state index in [1.165, 1.54) is 21.3 Å². The first-order valence-corrected chi connectivity index (χ1v) is 9.59. The lowest BCUT2D eigenvalue weighted by Gasteiger charge is -2.29. The topological polar surface area (TPSA) is 68.1 Å². The van der Waals surface area contributed by atoms with Gasteiger partial charge in [-0.05, 0) is 30.3 Å². The third-order valence-electron chi connectivity index (χ3n) is 4.24. The SMILES string of the molecule is C[NH+]1CCN(S(=O)(=O)c2cccc(C(=O)Oc3ccccc3)c2)CC1. The molecule has 0 spiro atoms. The predicted molar refractivity (Wildman–Crippen MR) is 93.2 cm³/mol. The lowest BCUT2D eigenvalue weighted by Crippen LogP contribution is -3.12. The van der Waals surface area contributed by atoms with Crippen molar-refractivity contribution >= 4 is 16.0 Å². The molecule has 3 rings (SSSR count). The Morgan fingerprint density at radius 3 is 2.40 bits per heavy atom. The van der Waals surface area contributed by atoms with Gasteiger partial charge in [0.25, 0.3) is 0 Å². The zero-order valence-corrected chi connectivity index (χ0v) is 14.8. The molecule has 25 heavy (non-hydrogen) atoms. The third-order valence-corrected chi connectivity index (χ3v) is 6.13. The van der Waals surface area contributed by atoms with Gasteiger partial charge in [-0.25, -0.2) is 13.2 Å². The van der Waals surface area contributed by atoms with E-state index >= 15 is 0 Å². The quantitative estimate of drug-likeness (QED) is 0.633. The van der Waals surface area contributed by atoms with E-state index in [0.29, 0.717) is 18.8 Å². The molecule has 1 heterocycles. The van der Waals surface area contributed by atoms with Crippen LogP contribution in [0.25, 0.3) is 0 Å². The molecule has 2 aromatic carbocycles. The molecular formula is C18H21N2O4S+. The second kappa shape index (κ2) is 7.35. The van der Waals surface area contributed by atoms with Crippen molar-refractivity contribution in [3.05, 3.63) is 60.2 Å². The minimum Gasteiger partial charge on any atom is -0.423 e. The summed E-state index contributed by atoms with van der Waals surface area (Å²) in [6.45, 7) is 2.50. The molecule has 0 aromatic heterocycles. The molecule has 6 nitrogen and oxygen atoms in total. The van der Waals surface area contributed by atoms with Gasteiger partial charge in [0.1, 0.15) is 5.75 Å².